The van der Waals surface area contributed by atoms with E-state index in [0.29, 0.717) is 12.1 Å². The molecule has 9 nitrogen and oxygen atoms in total. The van der Waals surface area contributed by atoms with Crippen LogP contribution in [0.5, 0.6) is 0 Å². The van der Waals surface area contributed by atoms with Gasteiger partial charge in [0.15, 0.2) is 6.61 Å². The van der Waals surface area contributed by atoms with Crippen molar-refractivity contribution in [3.05, 3.63) is 29.3 Å². The molecule has 3 amide bonds. The molecule has 0 saturated heterocycles. The van der Waals surface area contributed by atoms with Gasteiger partial charge in [0.25, 0.3) is 5.91 Å². The van der Waals surface area contributed by atoms with Crippen molar-refractivity contribution in [1.82, 2.24) is 15.4 Å². The largest absolute Gasteiger partial charge is 0.452 e. The van der Waals surface area contributed by atoms with E-state index in [-0.39, 0.29) is 22.4 Å². The summed E-state index contributed by atoms with van der Waals surface area (Å²) in [6.07, 6.45) is 1.58. The van der Waals surface area contributed by atoms with E-state index in [4.69, 9.17) is 4.74 Å². The van der Waals surface area contributed by atoms with E-state index >= 15 is 0 Å². The fraction of sp³-hybridized carbons (Fsp3) is 0.500. The van der Waals surface area contributed by atoms with Crippen molar-refractivity contribution in [2.24, 2.45) is 5.92 Å². The van der Waals surface area contributed by atoms with Crippen molar-refractivity contribution in [2.45, 2.75) is 44.6 Å². The average Bonchev–Trinajstić information content (AvgIpc) is 3.41. The molecule has 0 heterocycles. The van der Waals surface area contributed by atoms with Crippen LogP contribution in [0.25, 0.3) is 0 Å². The Bertz CT molecular complexity index is 862. The summed E-state index contributed by atoms with van der Waals surface area (Å²) in [7, 11) is -3.72. The minimum absolute atomic E-state index is 0.0377. The summed E-state index contributed by atoms with van der Waals surface area (Å²) in [5.74, 6) is -1.41. The zero-order valence-electron chi connectivity index (χ0n) is 16.1. The van der Waals surface area contributed by atoms with Gasteiger partial charge in [0.1, 0.15) is 0 Å². The lowest BCUT2D eigenvalue weighted by Crippen LogP contribution is -2.42. The number of amides is 3. The molecule has 1 fully saturated rings. The highest BCUT2D eigenvalue weighted by Crippen LogP contribution is 2.23. The van der Waals surface area contributed by atoms with Gasteiger partial charge < -0.3 is 10.1 Å². The molecule has 0 aliphatic heterocycles. The number of aryl methyl sites for hydroxylation is 1. The summed E-state index contributed by atoms with van der Waals surface area (Å²) in [6.45, 7) is 5.17. The summed E-state index contributed by atoms with van der Waals surface area (Å²) in [5, 5.41) is 4.55. The number of hydrogen-bond acceptors (Lipinski definition) is 6. The molecule has 28 heavy (non-hydrogen) atoms. The van der Waals surface area contributed by atoms with E-state index in [2.05, 4.69) is 10.0 Å². The second kappa shape index (κ2) is 9.16. The molecule has 2 rings (SSSR count). The Hall–Kier alpha value is -2.46. The van der Waals surface area contributed by atoms with Crippen LogP contribution in [0.3, 0.4) is 0 Å². The molecule has 3 N–H and O–H groups in total. The fourth-order valence-corrected chi connectivity index (χ4v) is 3.52. The van der Waals surface area contributed by atoms with Crippen LogP contribution >= 0.6 is 0 Å². The first-order valence-electron chi connectivity index (χ1n) is 8.96. The van der Waals surface area contributed by atoms with Crippen LogP contribution in [0, 0.1) is 12.8 Å². The molecular weight excluding hydrogens is 386 g/mol. The van der Waals surface area contributed by atoms with E-state index < -0.39 is 34.5 Å². The molecule has 0 atom stereocenters. The number of ether oxygens (including phenoxy) is 1. The van der Waals surface area contributed by atoms with E-state index in [1.807, 2.05) is 19.2 Å². The number of esters is 1. The average molecular weight is 411 g/mol. The van der Waals surface area contributed by atoms with Crippen LogP contribution in [-0.2, 0) is 19.6 Å². The summed E-state index contributed by atoms with van der Waals surface area (Å²) >= 11 is 0. The van der Waals surface area contributed by atoms with Crippen LogP contribution in [0.15, 0.2) is 23.1 Å². The number of nitrogens with one attached hydrogen (secondary N) is 3. The standard InChI is InChI=1S/C18H25N3O6S/c1-11(2)9-19-18(24)20-16(22)10-27-17(23)15-8-14(7-4-12(15)3)28(25,26)21-13-5-6-13/h4,7-8,11,13,21H,5-6,9-10H2,1-3H3,(H2,19,20,22,24). The fourth-order valence-electron chi connectivity index (χ4n) is 2.19. The van der Waals surface area contributed by atoms with Gasteiger partial charge in [0, 0.05) is 12.6 Å². The molecule has 154 valence electrons. The van der Waals surface area contributed by atoms with Crippen LogP contribution in [-0.4, -0.2) is 45.5 Å². The molecule has 0 radical (unpaired) electrons. The minimum atomic E-state index is -3.72. The van der Waals surface area contributed by atoms with Gasteiger partial charge in [-0.1, -0.05) is 19.9 Å². The van der Waals surface area contributed by atoms with E-state index in [9.17, 15) is 22.8 Å². The zero-order chi connectivity index (χ0) is 20.9. The van der Waals surface area contributed by atoms with Crippen LogP contribution in [0.4, 0.5) is 4.79 Å². The predicted molar refractivity (Wildman–Crippen MR) is 101 cm³/mol. The number of benzene rings is 1. The van der Waals surface area contributed by atoms with Crippen LogP contribution in [0.2, 0.25) is 0 Å². The van der Waals surface area contributed by atoms with Crippen molar-refractivity contribution in [3.8, 4) is 0 Å². The summed E-state index contributed by atoms with van der Waals surface area (Å²) in [4.78, 5) is 35.5. The maximum absolute atomic E-state index is 12.3. The highest BCUT2D eigenvalue weighted by Gasteiger charge is 2.28. The van der Waals surface area contributed by atoms with E-state index in [1.165, 1.54) is 18.2 Å². The monoisotopic (exact) mass is 411 g/mol. The van der Waals surface area contributed by atoms with Crippen molar-refractivity contribution >= 4 is 27.9 Å². The van der Waals surface area contributed by atoms with Gasteiger partial charge in [-0.15, -0.1) is 0 Å². The van der Waals surface area contributed by atoms with Crippen molar-refractivity contribution in [3.63, 3.8) is 0 Å². The van der Waals surface area contributed by atoms with Crippen molar-refractivity contribution in [2.75, 3.05) is 13.2 Å². The van der Waals surface area contributed by atoms with Gasteiger partial charge in [-0.2, -0.15) is 0 Å². The lowest BCUT2D eigenvalue weighted by atomic mass is 10.1. The number of carbonyl (C=O) groups is 3. The molecule has 0 spiro atoms. The Morgan fingerprint density at radius 1 is 1.21 bits per heavy atom. The van der Waals surface area contributed by atoms with Gasteiger partial charge in [-0.3, -0.25) is 10.1 Å². The number of hydrogen-bond donors (Lipinski definition) is 3. The van der Waals surface area contributed by atoms with Gasteiger partial charge in [0.2, 0.25) is 10.0 Å². The van der Waals surface area contributed by atoms with Gasteiger partial charge >= 0.3 is 12.0 Å². The Kier molecular flexibility index (Phi) is 7.14. The van der Waals surface area contributed by atoms with Gasteiger partial charge in [-0.05, 0) is 43.4 Å². The molecule has 1 aromatic carbocycles. The third-order valence-corrected chi connectivity index (χ3v) is 5.41. The lowest BCUT2D eigenvalue weighted by Gasteiger charge is -2.11. The minimum Gasteiger partial charge on any atom is -0.452 e. The Labute approximate surface area is 164 Å². The first-order valence-corrected chi connectivity index (χ1v) is 10.4. The number of rotatable bonds is 8. The molecule has 0 unspecified atom stereocenters. The summed E-state index contributed by atoms with van der Waals surface area (Å²) < 4.78 is 32.0. The molecule has 0 aromatic heterocycles. The molecule has 1 saturated carbocycles. The molecule has 1 aromatic rings. The highest BCUT2D eigenvalue weighted by atomic mass is 32.2. The van der Waals surface area contributed by atoms with Crippen LogP contribution in [0.1, 0.15) is 42.6 Å². The summed E-state index contributed by atoms with van der Waals surface area (Å²) in [6, 6.07) is 3.38. The zero-order valence-corrected chi connectivity index (χ0v) is 16.9. The maximum atomic E-state index is 12.3. The first kappa shape index (κ1) is 21.8. The van der Waals surface area contributed by atoms with E-state index in [0.717, 1.165) is 12.8 Å². The second-order valence-electron chi connectivity index (χ2n) is 7.10. The number of carbonyl (C=O) groups excluding carboxylic acids is 3. The number of sulfonamides is 1. The molecular formula is C18H25N3O6S. The third-order valence-electron chi connectivity index (χ3n) is 3.90. The molecule has 1 aliphatic rings. The maximum Gasteiger partial charge on any atom is 0.338 e. The molecule has 1 aliphatic carbocycles. The quantitative estimate of drug-likeness (QED) is 0.549. The molecule has 0 bridgehead atoms. The molecule has 10 heteroatoms. The number of imide groups is 1. The second-order valence-corrected chi connectivity index (χ2v) is 8.81. The Morgan fingerprint density at radius 2 is 1.89 bits per heavy atom. The number of urea groups is 1. The van der Waals surface area contributed by atoms with Crippen molar-refractivity contribution < 1.29 is 27.5 Å². The summed E-state index contributed by atoms with van der Waals surface area (Å²) in [5.41, 5.74) is 0.543. The Morgan fingerprint density at radius 3 is 2.50 bits per heavy atom. The highest BCUT2D eigenvalue weighted by molar-refractivity contribution is 7.89. The Balaban J connectivity index is 1.95. The predicted octanol–water partition coefficient (Wildman–Crippen LogP) is 1.07. The lowest BCUT2D eigenvalue weighted by molar-refractivity contribution is -0.123. The van der Waals surface area contributed by atoms with E-state index in [1.54, 1.807) is 6.92 Å². The van der Waals surface area contributed by atoms with Gasteiger partial charge in [-0.25, -0.2) is 22.7 Å². The first-order chi connectivity index (χ1) is 13.1. The SMILES string of the molecule is Cc1ccc(S(=O)(=O)NC2CC2)cc1C(=O)OCC(=O)NC(=O)NCC(C)C. The van der Waals surface area contributed by atoms with Gasteiger partial charge in [0.05, 0.1) is 10.5 Å². The van der Waals surface area contributed by atoms with Crippen molar-refractivity contribution in [1.29, 1.82) is 0 Å². The normalized spacial score (nSPS) is 13.9. The van der Waals surface area contributed by atoms with Crippen LogP contribution < -0.4 is 15.4 Å². The third kappa shape index (κ3) is 6.61. The topological polar surface area (TPSA) is 131 Å². The smallest absolute Gasteiger partial charge is 0.338 e.